The van der Waals surface area contributed by atoms with Gasteiger partial charge in [0.05, 0.1) is 17.3 Å². The lowest BCUT2D eigenvalue weighted by Crippen LogP contribution is -1.84. The van der Waals surface area contributed by atoms with Gasteiger partial charge in [0, 0.05) is 5.39 Å². The first kappa shape index (κ1) is 10.9. The third-order valence-corrected chi connectivity index (χ3v) is 2.47. The summed E-state index contributed by atoms with van der Waals surface area (Å²) >= 11 is 0. The Balaban J connectivity index is 2.86. The number of aliphatic hydroxyl groups is 1. The van der Waals surface area contributed by atoms with E-state index >= 15 is 0 Å². The van der Waals surface area contributed by atoms with Crippen molar-refractivity contribution in [3.63, 3.8) is 0 Å². The number of aromatic amines is 1. The Kier molecular flexibility index (Phi) is 2.63. The molecule has 0 aromatic carbocycles. The number of nitriles is 1. The number of hydrogen-bond donors (Lipinski definition) is 2. The lowest BCUT2D eigenvalue weighted by Gasteiger charge is -1.98. The van der Waals surface area contributed by atoms with Gasteiger partial charge in [-0.2, -0.15) is 5.26 Å². The molecule has 2 aromatic heterocycles. The number of allylic oxidation sites excluding steroid dienone is 1. The lowest BCUT2D eigenvalue weighted by molar-refractivity contribution is 0.512. The van der Waals surface area contributed by atoms with Crippen LogP contribution in [-0.4, -0.2) is 21.8 Å². The van der Waals surface area contributed by atoms with Crippen LogP contribution in [0.2, 0.25) is 0 Å². The van der Waals surface area contributed by atoms with Gasteiger partial charge in [-0.05, 0) is 25.8 Å². The number of rotatable bonds is 2. The molecule has 5 nitrogen and oxygen atoms in total. The Morgan fingerprint density at radius 1 is 1.71 bits per heavy atom. The van der Waals surface area contributed by atoms with Crippen LogP contribution in [0, 0.1) is 11.3 Å². The average molecular weight is 226 g/mol. The molecular formula is C12H10N4O. The van der Waals surface area contributed by atoms with Gasteiger partial charge in [-0.1, -0.05) is 0 Å². The van der Waals surface area contributed by atoms with Gasteiger partial charge < -0.3 is 10.1 Å². The van der Waals surface area contributed by atoms with Crippen molar-refractivity contribution in [2.45, 2.75) is 6.92 Å². The van der Waals surface area contributed by atoms with Gasteiger partial charge in [0.1, 0.15) is 23.3 Å². The predicted molar refractivity (Wildman–Crippen MR) is 66.3 cm³/mol. The normalized spacial score (nSPS) is 11.4. The van der Waals surface area contributed by atoms with Crippen molar-refractivity contribution in [3.8, 4) is 6.07 Å². The fourth-order valence-electron chi connectivity index (χ4n) is 1.66. The van der Waals surface area contributed by atoms with E-state index in [-0.39, 0.29) is 11.5 Å². The summed E-state index contributed by atoms with van der Waals surface area (Å²) < 4.78 is 0. The van der Waals surface area contributed by atoms with Crippen LogP contribution in [0.1, 0.15) is 18.2 Å². The molecule has 0 aliphatic heterocycles. The Morgan fingerprint density at radius 2 is 2.47 bits per heavy atom. The summed E-state index contributed by atoms with van der Waals surface area (Å²) in [5.74, 6) is 0.557. The number of aliphatic imine (C=N–C) groups is 1. The van der Waals surface area contributed by atoms with Crippen molar-refractivity contribution in [1.29, 1.82) is 5.26 Å². The summed E-state index contributed by atoms with van der Waals surface area (Å²) in [6, 6.07) is 3.56. The van der Waals surface area contributed by atoms with Crippen LogP contribution in [-0.2, 0) is 0 Å². The zero-order valence-corrected chi connectivity index (χ0v) is 9.23. The summed E-state index contributed by atoms with van der Waals surface area (Å²) in [6.07, 6.45) is 3.10. The van der Waals surface area contributed by atoms with E-state index in [0.717, 1.165) is 0 Å². The van der Waals surface area contributed by atoms with Gasteiger partial charge in [0.15, 0.2) is 0 Å². The van der Waals surface area contributed by atoms with E-state index < -0.39 is 0 Å². The molecule has 0 aliphatic rings. The minimum atomic E-state index is 0.0914. The van der Waals surface area contributed by atoms with Gasteiger partial charge in [0.25, 0.3) is 0 Å². The summed E-state index contributed by atoms with van der Waals surface area (Å²) in [6.45, 7) is 5.16. The predicted octanol–water partition coefficient (Wildman–Crippen LogP) is 2.69. The van der Waals surface area contributed by atoms with E-state index in [0.29, 0.717) is 22.3 Å². The molecule has 0 saturated carbocycles. The number of fused-ring (bicyclic) bond motifs is 1. The number of aliphatic hydroxyl groups excluding tert-OH is 1. The van der Waals surface area contributed by atoms with E-state index in [1.165, 1.54) is 6.20 Å². The van der Waals surface area contributed by atoms with Gasteiger partial charge in [-0.15, -0.1) is 0 Å². The van der Waals surface area contributed by atoms with Crippen LogP contribution in [0.4, 0.5) is 5.82 Å². The van der Waals surface area contributed by atoms with Gasteiger partial charge in [0.2, 0.25) is 0 Å². The molecule has 0 fully saturated rings. The molecule has 0 saturated heterocycles. The van der Waals surface area contributed by atoms with Crippen LogP contribution < -0.4 is 0 Å². The number of hydrogen-bond acceptors (Lipinski definition) is 4. The summed E-state index contributed by atoms with van der Waals surface area (Å²) in [5.41, 5.74) is 1.53. The maximum absolute atomic E-state index is 9.84. The van der Waals surface area contributed by atoms with E-state index in [2.05, 4.69) is 21.7 Å². The molecule has 0 atom stereocenters. The molecule has 2 heterocycles. The highest BCUT2D eigenvalue weighted by Crippen LogP contribution is 2.32. The molecular weight excluding hydrogens is 216 g/mol. The third kappa shape index (κ3) is 1.66. The quantitative estimate of drug-likeness (QED) is 0.609. The second-order valence-corrected chi connectivity index (χ2v) is 3.41. The maximum atomic E-state index is 9.84. The molecule has 5 heteroatoms. The SMILES string of the molecule is C=Nc1[nH]c2cnc(C#N)cc2c1/C(O)=C\C. The second kappa shape index (κ2) is 4.10. The van der Waals surface area contributed by atoms with Crippen LogP contribution >= 0.6 is 0 Å². The molecule has 0 bridgehead atoms. The third-order valence-electron chi connectivity index (χ3n) is 2.47. The molecule has 0 radical (unpaired) electrons. The average Bonchev–Trinajstić information content (AvgIpc) is 2.74. The molecule has 2 rings (SSSR count). The largest absolute Gasteiger partial charge is 0.508 e. The minimum absolute atomic E-state index is 0.0914. The zero-order valence-electron chi connectivity index (χ0n) is 9.23. The highest BCUT2D eigenvalue weighted by Gasteiger charge is 2.14. The van der Waals surface area contributed by atoms with E-state index in [9.17, 15) is 5.11 Å². The minimum Gasteiger partial charge on any atom is -0.508 e. The molecule has 17 heavy (non-hydrogen) atoms. The Morgan fingerprint density at radius 3 is 3.06 bits per heavy atom. The van der Waals surface area contributed by atoms with E-state index in [1.54, 1.807) is 19.1 Å². The van der Waals surface area contributed by atoms with Gasteiger partial charge >= 0.3 is 0 Å². The molecule has 0 unspecified atom stereocenters. The summed E-state index contributed by atoms with van der Waals surface area (Å²) in [5, 5.41) is 19.4. The monoisotopic (exact) mass is 226 g/mol. The molecule has 0 aliphatic carbocycles. The first-order valence-corrected chi connectivity index (χ1v) is 4.95. The molecule has 2 aromatic rings. The van der Waals surface area contributed by atoms with Gasteiger partial charge in [-0.25, -0.2) is 9.98 Å². The van der Waals surface area contributed by atoms with Crippen LogP contribution in [0.15, 0.2) is 23.3 Å². The first-order chi connectivity index (χ1) is 8.21. The summed E-state index contributed by atoms with van der Waals surface area (Å²) in [4.78, 5) is 10.7. The topological polar surface area (TPSA) is 85.1 Å². The smallest absolute Gasteiger partial charge is 0.141 e. The molecule has 84 valence electrons. The van der Waals surface area contributed by atoms with Crippen molar-refractivity contribution in [1.82, 2.24) is 9.97 Å². The Hall–Kier alpha value is -2.61. The van der Waals surface area contributed by atoms with Crippen LogP contribution in [0.5, 0.6) is 0 Å². The number of pyridine rings is 1. The summed E-state index contributed by atoms with van der Waals surface area (Å²) in [7, 11) is 0. The Labute approximate surface area is 97.8 Å². The highest BCUT2D eigenvalue weighted by molar-refractivity contribution is 5.96. The highest BCUT2D eigenvalue weighted by atomic mass is 16.3. The molecule has 2 N–H and O–H groups in total. The van der Waals surface area contributed by atoms with Crippen molar-refractivity contribution < 1.29 is 5.11 Å². The maximum Gasteiger partial charge on any atom is 0.141 e. The van der Waals surface area contributed by atoms with Crippen molar-refractivity contribution in [2.75, 3.05) is 0 Å². The van der Waals surface area contributed by atoms with Gasteiger partial charge in [-0.3, -0.25) is 0 Å². The standard InChI is InChI=1S/C12H10N4O/c1-3-10(17)11-8-4-7(5-13)15-6-9(8)16-12(11)14-2/h3-4,6,16-17H,2H2,1H3/b10-3+. The molecule has 0 amide bonds. The fourth-order valence-corrected chi connectivity index (χ4v) is 1.66. The lowest BCUT2D eigenvalue weighted by atomic mass is 10.1. The zero-order chi connectivity index (χ0) is 12.4. The van der Waals surface area contributed by atoms with Crippen molar-refractivity contribution in [3.05, 3.63) is 29.6 Å². The fraction of sp³-hybridized carbons (Fsp3) is 0.0833. The number of aromatic nitrogens is 2. The van der Waals surface area contributed by atoms with Crippen molar-refractivity contribution in [2.24, 2.45) is 4.99 Å². The first-order valence-electron chi connectivity index (χ1n) is 4.95. The number of nitrogens with zero attached hydrogens (tertiary/aromatic N) is 3. The van der Waals surface area contributed by atoms with E-state index in [4.69, 9.17) is 5.26 Å². The Bertz CT molecular complexity index is 661. The van der Waals surface area contributed by atoms with Crippen LogP contribution in [0.25, 0.3) is 16.7 Å². The molecule has 0 spiro atoms. The van der Waals surface area contributed by atoms with Crippen molar-refractivity contribution >= 4 is 29.2 Å². The number of H-pyrrole nitrogens is 1. The van der Waals surface area contributed by atoms with Crippen LogP contribution in [0.3, 0.4) is 0 Å². The second-order valence-electron chi connectivity index (χ2n) is 3.41. The number of nitrogens with one attached hydrogen (secondary N) is 1. The van der Waals surface area contributed by atoms with E-state index in [1.807, 2.05) is 6.07 Å².